The largest absolute Gasteiger partial charge is 0.411 e. The first-order chi connectivity index (χ1) is 16.5. The van der Waals surface area contributed by atoms with Gasteiger partial charge < -0.3 is 9.32 Å². The average molecular weight is 493 g/mol. The van der Waals surface area contributed by atoms with Crippen LogP contribution in [0.4, 0.5) is 11.4 Å². The van der Waals surface area contributed by atoms with Crippen molar-refractivity contribution in [2.45, 2.75) is 16.5 Å². The van der Waals surface area contributed by atoms with E-state index >= 15 is 0 Å². The minimum Gasteiger partial charge on any atom is -0.411 e. The van der Waals surface area contributed by atoms with E-state index in [0.29, 0.717) is 28.9 Å². The van der Waals surface area contributed by atoms with Gasteiger partial charge in [-0.3, -0.25) is 9.52 Å². The van der Waals surface area contributed by atoms with Crippen molar-refractivity contribution in [2.75, 3.05) is 21.9 Å². The number of sulfonamides is 1. The molecule has 0 saturated carbocycles. The standard InChI is InChI=1S/C24H20N4O4S2/c29-22(28-15-14-17-6-4-5-9-21(17)28)16-33-24-26-25-23(32-24)18-10-12-19(13-11-18)27-34(30,31)20-7-2-1-3-8-20/h1-13,27H,14-16H2. The molecule has 34 heavy (non-hydrogen) atoms. The molecule has 172 valence electrons. The molecule has 0 fully saturated rings. The highest BCUT2D eigenvalue weighted by atomic mass is 32.2. The third-order valence-electron chi connectivity index (χ3n) is 5.35. The molecule has 0 spiro atoms. The third kappa shape index (κ3) is 4.68. The zero-order valence-corrected chi connectivity index (χ0v) is 19.6. The van der Waals surface area contributed by atoms with Gasteiger partial charge in [-0.05, 0) is 54.4 Å². The Morgan fingerprint density at radius 3 is 2.50 bits per heavy atom. The normalized spacial score (nSPS) is 13.0. The fraction of sp³-hybridized carbons (Fsp3) is 0.125. The van der Waals surface area contributed by atoms with E-state index in [9.17, 15) is 13.2 Å². The van der Waals surface area contributed by atoms with Crippen molar-refractivity contribution in [2.24, 2.45) is 0 Å². The van der Waals surface area contributed by atoms with Gasteiger partial charge in [-0.1, -0.05) is 48.2 Å². The van der Waals surface area contributed by atoms with Crippen molar-refractivity contribution in [3.05, 3.63) is 84.4 Å². The van der Waals surface area contributed by atoms with Gasteiger partial charge in [0.1, 0.15) is 0 Å². The lowest BCUT2D eigenvalue weighted by molar-refractivity contribution is -0.116. The number of thioether (sulfide) groups is 1. The van der Waals surface area contributed by atoms with Crippen LogP contribution in [0.2, 0.25) is 0 Å². The summed E-state index contributed by atoms with van der Waals surface area (Å²) in [6.45, 7) is 0.675. The van der Waals surface area contributed by atoms with Crippen molar-refractivity contribution in [1.82, 2.24) is 10.2 Å². The molecule has 1 aromatic heterocycles. The maximum Gasteiger partial charge on any atom is 0.277 e. The number of benzene rings is 3. The lowest BCUT2D eigenvalue weighted by Gasteiger charge is -2.16. The molecule has 1 aliphatic heterocycles. The van der Waals surface area contributed by atoms with E-state index in [1.54, 1.807) is 47.4 Å². The van der Waals surface area contributed by atoms with Crippen LogP contribution in [0.5, 0.6) is 0 Å². The SMILES string of the molecule is O=C(CSc1nnc(-c2ccc(NS(=O)(=O)c3ccccc3)cc2)o1)N1CCc2ccccc21. The number of amides is 1. The Kier molecular flexibility index (Phi) is 6.08. The van der Waals surface area contributed by atoms with E-state index in [1.807, 2.05) is 24.3 Å². The molecular weight excluding hydrogens is 472 g/mol. The van der Waals surface area contributed by atoms with Gasteiger partial charge in [0, 0.05) is 23.5 Å². The first kappa shape index (κ1) is 22.2. The zero-order valence-electron chi connectivity index (χ0n) is 17.9. The molecule has 10 heteroatoms. The van der Waals surface area contributed by atoms with Crippen LogP contribution in [0.1, 0.15) is 5.56 Å². The summed E-state index contributed by atoms with van der Waals surface area (Å²) in [5.74, 6) is 0.472. The first-order valence-electron chi connectivity index (χ1n) is 10.5. The Labute approximate surface area is 201 Å². The van der Waals surface area contributed by atoms with E-state index in [2.05, 4.69) is 14.9 Å². The summed E-state index contributed by atoms with van der Waals surface area (Å²) >= 11 is 1.19. The van der Waals surface area contributed by atoms with Crippen LogP contribution in [-0.2, 0) is 21.2 Å². The van der Waals surface area contributed by atoms with Crippen molar-refractivity contribution in [3.8, 4) is 11.5 Å². The maximum atomic E-state index is 12.7. The Morgan fingerprint density at radius 2 is 1.71 bits per heavy atom. The number of hydrogen-bond acceptors (Lipinski definition) is 7. The van der Waals surface area contributed by atoms with E-state index in [0.717, 1.165) is 12.1 Å². The monoisotopic (exact) mass is 492 g/mol. The van der Waals surface area contributed by atoms with Gasteiger partial charge in [-0.25, -0.2) is 8.42 Å². The summed E-state index contributed by atoms with van der Waals surface area (Å²) in [6.07, 6.45) is 0.856. The summed E-state index contributed by atoms with van der Waals surface area (Å²) in [4.78, 5) is 14.6. The van der Waals surface area contributed by atoms with E-state index in [1.165, 1.54) is 29.5 Å². The highest BCUT2D eigenvalue weighted by Crippen LogP contribution is 2.29. The van der Waals surface area contributed by atoms with Crippen LogP contribution < -0.4 is 9.62 Å². The summed E-state index contributed by atoms with van der Waals surface area (Å²) in [5, 5.41) is 8.37. The molecular formula is C24H20N4O4S2. The van der Waals surface area contributed by atoms with Gasteiger partial charge in [-0.2, -0.15) is 0 Å². The number of carbonyl (C=O) groups is 1. The Bertz CT molecular complexity index is 1420. The topological polar surface area (TPSA) is 105 Å². The number of carbonyl (C=O) groups excluding carboxylic acids is 1. The van der Waals surface area contributed by atoms with Gasteiger partial charge in [0.25, 0.3) is 15.2 Å². The molecule has 1 aliphatic rings. The molecule has 5 rings (SSSR count). The molecule has 0 bridgehead atoms. The predicted octanol–water partition coefficient (Wildman–Crippen LogP) is 4.22. The minimum atomic E-state index is -3.67. The average Bonchev–Trinajstić information content (AvgIpc) is 3.51. The maximum absolute atomic E-state index is 12.7. The Balaban J connectivity index is 1.21. The lowest BCUT2D eigenvalue weighted by atomic mass is 10.2. The molecule has 2 heterocycles. The van der Waals surface area contributed by atoms with Crippen LogP contribution in [-0.4, -0.2) is 36.8 Å². The molecule has 1 amide bonds. The number of nitrogens with zero attached hydrogens (tertiary/aromatic N) is 3. The fourth-order valence-electron chi connectivity index (χ4n) is 3.68. The molecule has 0 radical (unpaired) electrons. The van der Waals surface area contributed by atoms with Crippen LogP contribution in [0.3, 0.4) is 0 Å². The number of fused-ring (bicyclic) bond motifs is 1. The van der Waals surface area contributed by atoms with Crippen LogP contribution in [0.25, 0.3) is 11.5 Å². The van der Waals surface area contributed by atoms with Crippen molar-refractivity contribution >= 4 is 39.1 Å². The number of hydrogen-bond donors (Lipinski definition) is 1. The number of anilines is 2. The smallest absolute Gasteiger partial charge is 0.277 e. The van der Waals surface area contributed by atoms with Gasteiger partial charge in [-0.15, -0.1) is 10.2 Å². The summed E-state index contributed by atoms with van der Waals surface area (Å²) < 4.78 is 33.2. The number of aromatic nitrogens is 2. The van der Waals surface area contributed by atoms with Gasteiger partial charge in [0.15, 0.2) is 0 Å². The minimum absolute atomic E-state index is 0.00949. The summed E-state index contributed by atoms with van der Waals surface area (Å²) in [6, 6.07) is 22.7. The molecule has 0 atom stereocenters. The van der Waals surface area contributed by atoms with Gasteiger partial charge in [0.2, 0.25) is 11.8 Å². The second-order valence-electron chi connectivity index (χ2n) is 7.58. The van der Waals surface area contributed by atoms with E-state index < -0.39 is 10.0 Å². The first-order valence-corrected chi connectivity index (χ1v) is 13.0. The van der Waals surface area contributed by atoms with Crippen LogP contribution >= 0.6 is 11.8 Å². The van der Waals surface area contributed by atoms with Crippen molar-refractivity contribution in [3.63, 3.8) is 0 Å². The predicted molar refractivity (Wildman–Crippen MR) is 130 cm³/mol. The number of para-hydroxylation sites is 1. The third-order valence-corrected chi connectivity index (χ3v) is 7.55. The molecule has 0 unspecified atom stereocenters. The van der Waals surface area contributed by atoms with Crippen LogP contribution in [0, 0.1) is 0 Å². The molecule has 3 aromatic carbocycles. The Hall–Kier alpha value is -3.63. The second-order valence-corrected chi connectivity index (χ2v) is 10.2. The molecule has 0 saturated heterocycles. The number of nitrogens with one attached hydrogen (secondary N) is 1. The van der Waals surface area contributed by atoms with Crippen molar-refractivity contribution < 1.29 is 17.6 Å². The fourth-order valence-corrected chi connectivity index (χ4v) is 5.40. The number of rotatable bonds is 7. The highest BCUT2D eigenvalue weighted by Gasteiger charge is 2.24. The molecule has 1 N–H and O–H groups in total. The van der Waals surface area contributed by atoms with Gasteiger partial charge in [0.05, 0.1) is 10.6 Å². The Morgan fingerprint density at radius 1 is 0.971 bits per heavy atom. The lowest BCUT2D eigenvalue weighted by Crippen LogP contribution is -2.30. The molecule has 0 aliphatic carbocycles. The van der Waals surface area contributed by atoms with Crippen LogP contribution in [0.15, 0.2) is 93.4 Å². The van der Waals surface area contributed by atoms with Crippen molar-refractivity contribution in [1.29, 1.82) is 0 Å². The highest BCUT2D eigenvalue weighted by molar-refractivity contribution is 7.99. The zero-order chi connectivity index (χ0) is 23.5. The summed E-state index contributed by atoms with van der Waals surface area (Å²) in [7, 11) is -3.67. The quantitative estimate of drug-likeness (QED) is 0.385. The molecule has 8 nitrogen and oxygen atoms in total. The van der Waals surface area contributed by atoms with E-state index in [4.69, 9.17) is 4.42 Å². The van der Waals surface area contributed by atoms with Gasteiger partial charge >= 0.3 is 0 Å². The summed E-state index contributed by atoms with van der Waals surface area (Å²) in [5.41, 5.74) is 3.19. The molecule has 4 aromatic rings. The van der Waals surface area contributed by atoms with E-state index in [-0.39, 0.29) is 16.6 Å². The second kappa shape index (κ2) is 9.32.